The average molecular weight is 390 g/mol. The van der Waals surface area contributed by atoms with Gasteiger partial charge in [-0.25, -0.2) is 4.39 Å². The zero-order valence-electron chi connectivity index (χ0n) is 13.6. The Hall–Kier alpha value is -2.45. The fourth-order valence-corrected chi connectivity index (χ4v) is 4.80. The van der Waals surface area contributed by atoms with E-state index >= 15 is 0 Å². The van der Waals surface area contributed by atoms with Crippen molar-refractivity contribution < 1.29 is 17.6 Å². The maximum absolute atomic E-state index is 13.0. The molecule has 1 atom stereocenters. The minimum absolute atomic E-state index is 0.0769. The summed E-state index contributed by atoms with van der Waals surface area (Å²) in [6.45, 7) is 3.75. The van der Waals surface area contributed by atoms with E-state index in [4.69, 9.17) is 0 Å². The van der Waals surface area contributed by atoms with Gasteiger partial charge in [-0.1, -0.05) is 48.2 Å². The Morgan fingerprint density at radius 3 is 2.42 bits per heavy atom. The van der Waals surface area contributed by atoms with Crippen LogP contribution in [0.15, 0.2) is 76.5 Å². The van der Waals surface area contributed by atoms with E-state index in [1.807, 2.05) is 18.2 Å². The number of halogens is 1. The number of amidine groups is 1. The van der Waals surface area contributed by atoms with Crippen molar-refractivity contribution in [3.8, 4) is 0 Å². The second-order valence-corrected chi connectivity index (χ2v) is 8.13. The van der Waals surface area contributed by atoms with Crippen LogP contribution in [0.5, 0.6) is 0 Å². The molecule has 0 aromatic heterocycles. The first kappa shape index (κ1) is 18.3. The van der Waals surface area contributed by atoms with Crippen molar-refractivity contribution in [2.24, 2.45) is 4.40 Å². The van der Waals surface area contributed by atoms with E-state index in [0.29, 0.717) is 0 Å². The van der Waals surface area contributed by atoms with Gasteiger partial charge in [0, 0.05) is 6.54 Å². The standard InChI is InChI=1S/C18H15FN2O3S2/c1-2-12-21-17(22)16(13-6-4-3-5-7-13)25-18(21)20-26(23,24)15-10-8-14(19)9-11-15/h2-11,16H,1,12H2/t16-/m0/s1. The zero-order valence-corrected chi connectivity index (χ0v) is 15.2. The highest BCUT2D eigenvalue weighted by Crippen LogP contribution is 2.39. The number of amides is 1. The first-order valence-electron chi connectivity index (χ1n) is 7.67. The molecular formula is C18H15FN2O3S2. The largest absolute Gasteiger partial charge is 0.285 e. The van der Waals surface area contributed by atoms with Crippen LogP contribution in [0.25, 0.3) is 0 Å². The fourth-order valence-electron chi connectivity index (χ4n) is 2.42. The van der Waals surface area contributed by atoms with Crippen molar-refractivity contribution in [2.75, 3.05) is 6.54 Å². The van der Waals surface area contributed by atoms with Gasteiger partial charge in [-0.15, -0.1) is 11.0 Å². The van der Waals surface area contributed by atoms with E-state index in [9.17, 15) is 17.6 Å². The molecule has 1 aliphatic heterocycles. The summed E-state index contributed by atoms with van der Waals surface area (Å²) < 4.78 is 41.9. The molecule has 0 saturated carbocycles. The van der Waals surface area contributed by atoms with Crippen LogP contribution in [0.2, 0.25) is 0 Å². The molecule has 1 aliphatic rings. The summed E-state index contributed by atoms with van der Waals surface area (Å²) in [5.41, 5.74) is 0.765. The van der Waals surface area contributed by atoms with Gasteiger partial charge >= 0.3 is 0 Å². The third-order valence-electron chi connectivity index (χ3n) is 3.67. The van der Waals surface area contributed by atoms with Gasteiger partial charge in [-0.05, 0) is 29.8 Å². The quantitative estimate of drug-likeness (QED) is 0.734. The molecule has 2 aromatic carbocycles. The number of thioether (sulfide) groups is 1. The zero-order chi connectivity index (χ0) is 18.7. The molecule has 1 fully saturated rings. The Morgan fingerprint density at radius 1 is 1.15 bits per heavy atom. The Bertz CT molecular complexity index is 958. The lowest BCUT2D eigenvalue weighted by molar-refractivity contribution is -0.125. The van der Waals surface area contributed by atoms with Gasteiger partial charge in [0.25, 0.3) is 10.0 Å². The van der Waals surface area contributed by atoms with Crippen molar-refractivity contribution in [3.05, 3.63) is 78.6 Å². The third kappa shape index (κ3) is 3.71. The van der Waals surface area contributed by atoms with E-state index in [2.05, 4.69) is 11.0 Å². The fraction of sp³-hybridized carbons (Fsp3) is 0.111. The predicted octanol–water partition coefficient (Wildman–Crippen LogP) is 3.37. The summed E-state index contributed by atoms with van der Waals surface area (Å²) in [6.07, 6.45) is 1.51. The molecule has 0 bridgehead atoms. The van der Waals surface area contributed by atoms with Gasteiger partial charge in [-0.2, -0.15) is 8.42 Å². The molecule has 1 heterocycles. The lowest BCUT2D eigenvalue weighted by atomic mass is 10.1. The smallest absolute Gasteiger partial charge is 0.284 e. The van der Waals surface area contributed by atoms with Crippen LogP contribution >= 0.6 is 11.8 Å². The Labute approximate surface area is 155 Å². The van der Waals surface area contributed by atoms with Crippen LogP contribution in [0, 0.1) is 5.82 Å². The highest BCUT2D eigenvalue weighted by molar-refractivity contribution is 8.15. The highest BCUT2D eigenvalue weighted by atomic mass is 32.2. The molecule has 26 heavy (non-hydrogen) atoms. The van der Waals surface area contributed by atoms with Crippen LogP contribution < -0.4 is 0 Å². The van der Waals surface area contributed by atoms with Crippen molar-refractivity contribution in [2.45, 2.75) is 10.1 Å². The lowest BCUT2D eigenvalue weighted by Gasteiger charge is -2.13. The normalized spacial score (nSPS) is 19.1. The number of hydrogen-bond donors (Lipinski definition) is 0. The summed E-state index contributed by atoms with van der Waals surface area (Å²) >= 11 is 1.07. The van der Waals surface area contributed by atoms with Crippen molar-refractivity contribution in [3.63, 3.8) is 0 Å². The number of carbonyl (C=O) groups excluding carboxylic acids is 1. The molecule has 1 saturated heterocycles. The molecule has 134 valence electrons. The van der Waals surface area contributed by atoms with E-state index in [0.717, 1.165) is 41.6 Å². The topological polar surface area (TPSA) is 66.8 Å². The summed E-state index contributed by atoms with van der Waals surface area (Å²) in [5, 5.41) is -0.494. The van der Waals surface area contributed by atoms with Crippen LogP contribution in [-0.2, 0) is 14.8 Å². The first-order chi connectivity index (χ1) is 12.4. The second kappa shape index (κ2) is 7.43. The van der Waals surface area contributed by atoms with Crippen molar-refractivity contribution in [1.29, 1.82) is 0 Å². The molecule has 2 aromatic rings. The SMILES string of the molecule is C=CCN1C(=O)[C@H](c2ccccc2)SC1=NS(=O)(=O)c1ccc(F)cc1. The Balaban J connectivity index is 1.98. The van der Waals surface area contributed by atoms with Gasteiger partial charge in [0.1, 0.15) is 11.1 Å². The van der Waals surface area contributed by atoms with E-state index < -0.39 is 21.1 Å². The van der Waals surface area contributed by atoms with E-state index in [1.54, 1.807) is 12.1 Å². The third-order valence-corrected chi connectivity index (χ3v) is 6.30. The lowest BCUT2D eigenvalue weighted by Crippen LogP contribution is -2.30. The molecule has 0 N–H and O–H groups in total. The molecule has 0 spiro atoms. The van der Waals surface area contributed by atoms with Gasteiger partial charge in [0.15, 0.2) is 5.17 Å². The maximum atomic E-state index is 13.0. The molecule has 0 radical (unpaired) electrons. The summed E-state index contributed by atoms with van der Waals surface area (Å²) in [4.78, 5) is 13.9. The molecule has 0 unspecified atom stereocenters. The number of carbonyl (C=O) groups is 1. The summed E-state index contributed by atoms with van der Waals surface area (Å²) in [6, 6.07) is 13.5. The number of sulfonamides is 1. The molecule has 3 rings (SSSR count). The Morgan fingerprint density at radius 2 is 1.81 bits per heavy atom. The molecule has 1 amide bonds. The van der Waals surface area contributed by atoms with Crippen molar-refractivity contribution >= 4 is 32.9 Å². The van der Waals surface area contributed by atoms with Gasteiger partial charge in [0.2, 0.25) is 5.91 Å². The minimum atomic E-state index is -4.07. The van der Waals surface area contributed by atoms with E-state index in [-0.39, 0.29) is 22.5 Å². The molecular weight excluding hydrogens is 375 g/mol. The van der Waals surface area contributed by atoms with Crippen LogP contribution in [0.3, 0.4) is 0 Å². The van der Waals surface area contributed by atoms with Crippen molar-refractivity contribution in [1.82, 2.24) is 4.90 Å². The first-order valence-corrected chi connectivity index (χ1v) is 9.99. The van der Waals surface area contributed by atoms with Crippen LogP contribution in [-0.4, -0.2) is 30.9 Å². The number of hydrogen-bond acceptors (Lipinski definition) is 4. The van der Waals surface area contributed by atoms with Gasteiger partial charge < -0.3 is 0 Å². The minimum Gasteiger partial charge on any atom is -0.285 e. The highest BCUT2D eigenvalue weighted by Gasteiger charge is 2.39. The number of nitrogens with zero attached hydrogens (tertiary/aromatic N) is 2. The average Bonchev–Trinajstić information content (AvgIpc) is 2.92. The predicted molar refractivity (Wildman–Crippen MR) is 99.7 cm³/mol. The molecule has 5 nitrogen and oxygen atoms in total. The summed E-state index contributed by atoms with van der Waals surface area (Å²) in [7, 11) is -4.07. The van der Waals surface area contributed by atoms with Gasteiger partial charge in [0.05, 0.1) is 4.90 Å². The molecule has 8 heteroatoms. The maximum Gasteiger partial charge on any atom is 0.284 e. The number of benzene rings is 2. The van der Waals surface area contributed by atoms with Crippen LogP contribution in [0.4, 0.5) is 4.39 Å². The second-order valence-electron chi connectivity index (χ2n) is 5.45. The van der Waals surface area contributed by atoms with Gasteiger partial charge in [-0.3, -0.25) is 9.69 Å². The monoisotopic (exact) mass is 390 g/mol. The van der Waals surface area contributed by atoms with Crippen LogP contribution in [0.1, 0.15) is 10.8 Å². The molecule has 0 aliphatic carbocycles. The van der Waals surface area contributed by atoms with E-state index in [1.165, 1.54) is 11.0 Å². The Kier molecular flexibility index (Phi) is 5.24. The number of rotatable bonds is 5. The summed E-state index contributed by atoms with van der Waals surface area (Å²) in [5.74, 6) is -0.798.